The Hall–Kier alpha value is -1.37. The smallest absolute Gasteiger partial charge is 0.218 e. The van der Waals surface area contributed by atoms with E-state index in [2.05, 4.69) is 26.3 Å². The SMILES string of the molecule is COc1cc(NC2CCN(Cc3ccc(Cl)s3)C2)ncn1. The average Bonchev–Trinajstić information content (AvgIpc) is 3.09. The number of ether oxygens (including phenoxy) is 1. The second kappa shape index (κ2) is 6.60. The maximum absolute atomic E-state index is 5.97. The molecular weight excluding hydrogens is 308 g/mol. The fourth-order valence-electron chi connectivity index (χ4n) is 2.49. The molecule has 5 nitrogen and oxygen atoms in total. The summed E-state index contributed by atoms with van der Waals surface area (Å²) in [5.41, 5.74) is 0. The second-order valence-electron chi connectivity index (χ2n) is 5.02. The molecule has 1 fully saturated rings. The molecule has 1 saturated heterocycles. The van der Waals surface area contributed by atoms with Crippen LogP contribution in [0.25, 0.3) is 0 Å². The first-order chi connectivity index (χ1) is 10.2. The van der Waals surface area contributed by atoms with Gasteiger partial charge in [0.25, 0.3) is 0 Å². The molecule has 1 aliphatic heterocycles. The Labute approximate surface area is 132 Å². The van der Waals surface area contributed by atoms with Gasteiger partial charge < -0.3 is 10.1 Å². The Balaban J connectivity index is 1.54. The van der Waals surface area contributed by atoms with Gasteiger partial charge in [0.2, 0.25) is 5.88 Å². The Morgan fingerprint density at radius 2 is 2.38 bits per heavy atom. The highest BCUT2D eigenvalue weighted by Crippen LogP contribution is 2.24. The molecule has 0 saturated carbocycles. The molecule has 3 heterocycles. The molecule has 2 aromatic rings. The van der Waals surface area contributed by atoms with Crippen LogP contribution in [0.5, 0.6) is 5.88 Å². The Morgan fingerprint density at radius 3 is 3.14 bits per heavy atom. The Kier molecular flexibility index (Phi) is 4.57. The van der Waals surface area contributed by atoms with Crippen molar-refractivity contribution in [1.29, 1.82) is 0 Å². The first kappa shape index (κ1) is 14.6. The number of likely N-dealkylation sites (tertiary alicyclic amines) is 1. The number of thiophene rings is 1. The molecule has 3 rings (SSSR count). The van der Waals surface area contributed by atoms with Crippen molar-refractivity contribution in [2.24, 2.45) is 0 Å². The van der Waals surface area contributed by atoms with E-state index in [0.717, 1.165) is 36.2 Å². The van der Waals surface area contributed by atoms with E-state index in [-0.39, 0.29) is 0 Å². The van der Waals surface area contributed by atoms with Gasteiger partial charge in [-0.3, -0.25) is 4.90 Å². The predicted octanol–water partition coefficient (Wildman–Crippen LogP) is 2.89. The quantitative estimate of drug-likeness (QED) is 0.916. The van der Waals surface area contributed by atoms with E-state index in [0.29, 0.717) is 11.9 Å². The molecule has 0 radical (unpaired) electrons. The molecule has 7 heteroatoms. The first-order valence-corrected chi connectivity index (χ1v) is 8.01. The number of nitrogens with zero attached hydrogens (tertiary/aromatic N) is 3. The van der Waals surface area contributed by atoms with Crippen LogP contribution >= 0.6 is 22.9 Å². The van der Waals surface area contributed by atoms with Crippen LogP contribution in [0.3, 0.4) is 0 Å². The molecule has 0 bridgehead atoms. The van der Waals surface area contributed by atoms with Gasteiger partial charge in [-0.1, -0.05) is 11.6 Å². The van der Waals surface area contributed by atoms with Gasteiger partial charge in [0.05, 0.1) is 11.4 Å². The number of hydrogen-bond donors (Lipinski definition) is 1. The van der Waals surface area contributed by atoms with Crippen LogP contribution in [0.4, 0.5) is 5.82 Å². The van der Waals surface area contributed by atoms with Crippen molar-refractivity contribution < 1.29 is 4.74 Å². The summed E-state index contributed by atoms with van der Waals surface area (Å²) < 4.78 is 5.96. The number of aromatic nitrogens is 2. The molecular formula is C14H17ClN4OS. The molecule has 112 valence electrons. The van der Waals surface area contributed by atoms with Crippen LogP contribution < -0.4 is 10.1 Å². The van der Waals surface area contributed by atoms with Gasteiger partial charge in [-0.05, 0) is 18.6 Å². The summed E-state index contributed by atoms with van der Waals surface area (Å²) in [4.78, 5) is 12.0. The minimum Gasteiger partial charge on any atom is -0.481 e. The third-order valence-corrected chi connectivity index (χ3v) is 4.70. The number of rotatable bonds is 5. The zero-order valence-electron chi connectivity index (χ0n) is 11.8. The number of nitrogens with one attached hydrogen (secondary N) is 1. The highest BCUT2D eigenvalue weighted by molar-refractivity contribution is 7.16. The fourth-order valence-corrected chi connectivity index (χ4v) is 3.62. The molecule has 21 heavy (non-hydrogen) atoms. The highest BCUT2D eigenvalue weighted by Gasteiger charge is 2.23. The van der Waals surface area contributed by atoms with E-state index < -0.39 is 0 Å². The van der Waals surface area contributed by atoms with Crippen LogP contribution in [0.2, 0.25) is 4.34 Å². The third kappa shape index (κ3) is 3.84. The van der Waals surface area contributed by atoms with Crippen molar-refractivity contribution in [1.82, 2.24) is 14.9 Å². The van der Waals surface area contributed by atoms with Crippen LogP contribution in [0.1, 0.15) is 11.3 Å². The van der Waals surface area contributed by atoms with E-state index in [4.69, 9.17) is 16.3 Å². The summed E-state index contributed by atoms with van der Waals surface area (Å²) in [5.74, 6) is 1.39. The molecule has 0 aromatic carbocycles. The maximum atomic E-state index is 5.97. The van der Waals surface area contributed by atoms with E-state index in [9.17, 15) is 0 Å². The summed E-state index contributed by atoms with van der Waals surface area (Å²) in [5, 5.41) is 3.44. The van der Waals surface area contributed by atoms with Gasteiger partial charge in [-0.25, -0.2) is 9.97 Å². The molecule has 0 spiro atoms. The standard InChI is InChI=1S/C14H17ClN4OS/c1-20-14-6-13(16-9-17-14)18-10-4-5-19(7-10)8-11-2-3-12(15)21-11/h2-3,6,9-10H,4-5,7-8H2,1H3,(H,16,17,18). The maximum Gasteiger partial charge on any atom is 0.218 e. The number of anilines is 1. The summed E-state index contributed by atoms with van der Waals surface area (Å²) in [6.45, 7) is 3.04. The van der Waals surface area contributed by atoms with E-state index in [1.165, 1.54) is 11.2 Å². The van der Waals surface area contributed by atoms with Crippen LogP contribution in [-0.4, -0.2) is 41.1 Å². The van der Waals surface area contributed by atoms with Gasteiger partial charge in [-0.15, -0.1) is 11.3 Å². The van der Waals surface area contributed by atoms with Gasteiger partial charge >= 0.3 is 0 Å². The van der Waals surface area contributed by atoms with Crippen molar-refractivity contribution in [3.05, 3.63) is 33.7 Å². The van der Waals surface area contributed by atoms with Crippen molar-refractivity contribution in [2.75, 3.05) is 25.5 Å². The van der Waals surface area contributed by atoms with E-state index in [1.54, 1.807) is 18.4 Å². The number of hydrogen-bond acceptors (Lipinski definition) is 6. The van der Waals surface area contributed by atoms with E-state index in [1.807, 2.05) is 12.1 Å². The molecule has 2 aromatic heterocycles. The zero-order valence-corrected chi connectivity index (χ0v) is 13.3. The molecule has 1 aliphatic rings. The summed E-state index contributed by atoms with van der Waals surface area (Å²) in [6.07, 6.45) is 2.62. The van der Waals surface area contributed by atoms with Gasteiger partial charge in [-0.2, -0.15) is 0 Å². The van der Waals surface area contributed by atoms with Gasteiger partial charge in [0.1, 0.15) is 12.1 Å². The van der Waals surface area contributed by atoms with Gasteiger partial charge in [0.15, 0.2) is 0 Å². The van der Waals surface area contributed by atoms with Crippen molar-refractivity contribution in [3.8, 4) is 5.88 Å². The third-order valence-electron chi connectivity index (χ3n) is 3.48. The minimum absolute atomic E-state index is 0.403. The highest BCUT2D eigenvalue weighted by atomic mass is 35.5. The van der Waals surface area contributed by atoms with E-state index >= 15 is 0 Å². The molecule has 0 aliphatic carbocycles. The predicted molar refractivity (Wildman–Crippen MR) is 85.2 cm³/mol. The lowest BCUT2D eigenvalue weighted by atomic mass is 10.2. The molecule has 1 unspecified atom stereocenters. The minimum atomic E-state index is 0.403. The molecule has 0 amide bonds. The zero-order chi connectivity index (χ0) is 14.7. The first-order valence-electron chi connectivity index (χ1n) is 6.82. The fraction of sp³-hybridized carbons (Fsp3) is 0.429. The lowest BCUT2D eigenvalue weighted by molar-refractivity contribution is 0.331. The average molecular weight is 325 g/mol. The summed E-state index contributed by atoms with van der Waals surface area (Å²) in [6, 6.07) is 6.28. The van der Waals surface area contributed by atoms with Crippen molar-refractivity contribution in [3.63, 3.8) is 0 Å². The van der Waals surface area contributed by atoms with Crippen LogP contribution in [0.15, 0.2) is 24.5 Å². The Bertz CT molecular complexity index is 606. The Morgan fingerprint density at radius 1 is 1.48 bits per heavy atom. The summed E-state index contributed by atoms with van der Waals surface area (Å²) >= 11 is 7.62. The summed E-state index contributed by atoms with van der Waals surface area (Å²) in [7, 11) is 1.61. The van der Waals surface area contributed by atoms with Crippen LogP contribution in [-0.2, 0) is 6.54 Å². The lowest BCUT2D eigenvalue weighted by Crippen LogP contribution is -2.26. The molecule has 1 atom stereocenters. The second-order valence-corrected chi connectivity index (χ2v) is 6.82. The largest absolute Gasteiger partial charge is 0.481 e. The topological polar surface area (TPSA) is 50.3 Å². The number of methoxy groups -OCH3 is 1. The molecule has 1 N–H and O–H groups in total. The number of halogens is 1. The lowest BCUT2D eigenvalue weighted by Gasteiger charge is -2.16. The van der Waals surface area contributed by atoms with Crippen molar-refractivity contribution >= 4 is 28.8 Å². The van der Waals surface area contributed by atoms with Crippen molar-refractivity contribution in [2.45, 2.75) is 19.0 Å². The van der Waals surface area contributed by atoms with Gasteiger partial charge in [0, 0.05) is 36.6 Å². The monoisotopic (exact) mass is 324 g/mol. The normalized spacial score (nSPS) is 18.9. The van der Waals surface area contributed by atoms with Crippen LogP contribution in [0, 0.1) is 0 Å².